The number of likely N-dealkylation sites (N-methyl/N-ethyl adjacent to an activating group) is 1. The molecule has 4 rings (SSSR count). The molecule has 0 bridgehead atoms. The van der Waals surface area contributed by atoms with Crippen LogP contribution in [0, 0.1) is 5.92 Å². The number of aliphatic hydroxyl groups is 1. The lowest BCUT2D eigenvalue weighted by atomic mass is 10.0. The normalized spacial score (nSPS) is 20.3. The summed E-state index contributed by atoms with van der Waals surface area (Å²) in [4.78, 5) is 34.6. The Morgan fingerprint density at radius 1 is 1.13 bits per heavy atom. The summed E-state index contributed by atoms with van der Waals surface area (Å²) in [5.74, 6) is -0.552. The smallest absolute Gasteiger partial charge is 0.261 e. The predicted molar refractivity (Wildman–Crippen MR) is 180 cm³/mol. The van der Waals surface area contributed by atoms with Gasteiger partial charge in [-0.3, -0.25) is 19.3 Å². The summed E-state index contributed by atoms with van der Waals surface area (Å²) in [5.41, 5.74) is 0.835. The topological polar surface area (TPSA) is 138 Å². The van der Waals surface area contributed by atoms with Crippen molar-refractivity contribution in [1.82, 2.24) is 14.8 Å². The highest BCUT2D eigenvalue weighted by Gasteiger charge is 2.31. The molecule has 0 aliphatic carbocycles. The van der Waals surface area contributed by atoms with Crippen LogP contribution in [0.3, 0.4) is 0 Å². The van der Waals surface area contributed by atoms with Crippen molar-refractivity contribution in [1.29, 1.82) is 0 Å². The molecule has 0 unspecified atom stereocenters. The standard InChI is InChI=1S/C34H43ClN4O7S/c1-23-20-39(24(2)22-40)34(42)30-19-28(37-47(43,44)29-11-8-27(35)9-12-29)10-13-31(30)46-25(3)7-5-6-18-45-32(23)21-38(4)33(41)26-14-16-36-17-15-26/h8-17,19,23-25,32,37,40H,5-7,18,20-22H2,1-4H3/t23-,24+,25+,32-/m0/s1. The Hall–Kier alpha value is -3.71. The van der Waals surface area contributed by atoms with Crippen LogP contribution in [-0.2, 0) is 14.8 Å². The molecule has 0 saturated heterocycles. The van der Waals surface area contributed by atoms with E-state index in [4.69, 9.17) is 21.1 Å². The van der Waals surface area contributed by atoms with Gasteiger partial charge in [0, 0.05) is 61.3 Å². The van der Waals surface area contributed by atoms with Crippen LogP contribution in [0.25, 0.3) is 0 Å². The Kier molecular flexibility index (Phi) is 12.6. The molecule has 11 nitrogen and oxygen atoms in total. The number of fused-ring (bicyclic) bond motifs is 1. The van der Waals surface area contributed by atoms with Crippen LogP contribution in [0.2, 0.25) is 5.02 Å². The molecular weight excluding hydrogens is 644 g/mol. The number of nitrogens with zero attached hydrogens (tertiary/aromatic N) is 3. The summed E-state index contributed by atoms with van der Waals surface area (Å²) in [6.07, 6.45) is 4.75. The molecule has 1 aliphatic heterocycles. The summed E-state index contributed by atoms with van der Waals surface area (Å²) in [6, 6.07) is 13.1. The average molecular weight is 687 g/mol. The predicted octanol–water partition coefficient (Wildman–Crippen LogP) is 5.10. The van der Waals surface area contributed by atoms with Crippen molar-refractivity contribution in [2.75, 3.05) is 38.1 Å². The number of ether oxygens (including phenoxy) is 2. The molecule has 3 aromatic rings. The van der Waals surface area contributed by atoms with E-state index >= 15 is 0 Å². The highest BCUT2D eigenvalue weighted by atomic mass is 35.5. The number of carbonyl (C=O) groups excluding carboxylic acids is 2. The maximum Gasteiger partial charge on any atom is 0.261 e. The number of aliphatic hydroxyl groups excluding tert-OH is 1. The van der Waals surface area contributed by atoms with Crippen molar-refractivity contribution >= 4 is 39.1 Å². The first-order chi connectivity index (χ1) is 22.4. The van der Waals surface area contributed by atoms with E-state index in [1.54, 1.807) is 60.4 Å². The van der Waals surface area contributed by atoms with Crippen LogP contribution in [0.5, 0.6) is 5.75 Å². The third kappa shape index (κ3) is 9.66. The van der Waals surface area contributed by atoms with E-state index in [1.807, 2.05) is 13.8 Å². The molecule has 0 fully saturated rings. The van der Waals surface area contributed by atoms with Crippen molar-refractivity contribution in [3.63, 3.8) is 0 Å². The van der Waals surface area contributed by atoms with Gasteiger partial charge in [-0.15, -0.1) is 0 Å². The first-order valence-corrected chi connectivity index (χ1v) is 17.5. The number of aromatic nitrogens is 1. The Balaban J connectivity index is 1.66. The van der Waals surface area contributed by atoms with E-state index in [0.717, 1.165) is 12.8 Å². The number of halogens is 1. The number of benzene rings is 2. The van der Waals surface area contributed by atoms with Crippen LogP contribution in [-0.4, -0.2) is 91.7 Å². The molecular formula is C34H43ClN4O7S. The summed E-state index contributed by atoms with van der Waals surface area (Å²) >= 11 is 5.94. The first kappa shape index (κ1) is 36.1. The second kappa shape index (κ2) is 16.4. The zero-order valence-corrected chi connectivity index (χ0v) is 28.7. The van der Waals surface area contributed by atoms with Gasteiger partial charge >= 0.3 is 0 Å². The fraction of sp³-hybridized carbons (Fsp3) is 0.441. The molecule has 2 heterocycles. The van der Waals surface area contributed by atoms with Gasteiger partial charge in [0.25, 0.3) is 21.8 Å². The minimum absolute atomic E-state index is 0.0148. The molecule has 13 heteroatoms. The van der Waals surface area contributed by atoms with E-state index in [9.17, 15) is 23.1 Å². The Morgan fingerprint density at radius 2 is 1.83 bits per heavy atom. The number of amides is 2. The number of rotatable bonds is 8. The van der Waals surface area contributed by atoms with Gasteiger partial charge in [0.15, 0.2) is 0 Å². The van der Waals surface area contributed by atoms with Crippen molar-refractivity contribution in [2.45, 2.75) is 63.2 Å². The van der Waals surface area contributed by atoms with Gasteiger partial charge in [0.2, 0.25) is 0 Å². The lowest BCUT2D eigenvalue weighted by Gasteiger charge is -2.36. The van der Waals surface area contributed by atoms with Gasteiger partial charge in [-0.25, -0.2) is 8.42 Å². The molecule has 1 aromatic heterocycles. The van der Waals surface area contributed by atoms with Gasteiger partial charge in [-0.05, 0) is 87.7 Å². The summed E-state index contributed by atoms with van der Waals surface area (Å²) < 4.78 is 41.5. The second-order valence-electron chi connectivity index (χ2n) is 12.0. The zero-order valence-electron chi connectivity index (χ0n) is 27.1. The van der Waals surface area contributed by atoms with Gasteiger partial charge in [0.1, 0.15) is 5.75 Å². The largest absolute Gasteiger partial charge is 0.490 e. The number of pyridine rings is 1. The molecule has 0 spiro atoms. The average Bonchev–Trinajstić information content (AvgIpc) is 3.06. The van der Waals surface area contributed by atoms with Gasteiger partial charge < -0.3 is 24.4 Å². The monoisotopic (exact) mass is 686 g/mol. The number of anilines is 1. The maximum absolute atomic E-state index is 14.3. The first-order valence-electron chi connectivity index (χ1n) is 15.7. The molecule has 1 aliphatic rings. The van der Waals surface area contributed by atoms with Crippen LogP contribution in [0.1, 0.15) is 60.7 Å². The van der Waals surface area contributed by atoms with Crippen LogP contribution >= 0.6 is 11.6 Å². The molecule has 254 valence electrons. The minimum Gasteiger partial charge on any atom is -0.490 e. The fourth-order valence-electron chi connectivity index (χ4n) is 5.34. The van der Waals surface area contributed by atoms with Crippen molar-refractivity contribution < 1.29 is 32.6 Å². The minimum atomic E-state index is -3.99. The van der Waals surface area contributed by atoms with Gasteiger partial charge in [-0.2, -0.15) is 0 Å². The second-order valence-corrected chi connectivity index (χ2v) is 14.1. The Morgan fingerprint density at radius 3 is 2.51 bits per heavy atom. The van der Waals surface area contributed by atoms with Crippen LogP contribution < -0.4 is 9.46 Å². The molecule has 0 saturated carbocycles. The maximum atomic E-state index is 14.3. The van der Waals surface area contributed by atoms with Crippen molar-refractivity contribution in [3.8, 4) is 5.75 Å². The van der Waals surface area contributed by atoms with E-state index in [2.05, 4.69) is 9.71 Å². The van der Waals surface area contributed by atoms with E-state index in [0.29, 0.717) is 29.4 Å². The van der Waals surface area contributed by atoms with E-state index < -0.39 is 28.1 Å². The summed E-state index contributed by atoms with van der Waals surface area (Å²) in [7, 11) is -2.28. The molecule has 47 heavy (non-hydrogen) atoms. The molecule has 0 radical (unpaired) electrons. The van der Waals surface area contributed by atoms with Gasteiger partial charge in [-0.1, -0.05) is 18.5 Å². The number of hydrogen-bond acceptors (Lipinski definition) is 8. The number of nitrogens with one attached hydrogen (secondary N) is 1. The lowest BCUT2D eigenvalue weighted by molar-refractivity contribution is -0.0149. The molecule has 2 amide bonds. The fourth-order valence-corrected chi connectivity index (χ4v) is 6.52. The molecule has 2 N–H and O–H groups in total. The van der Waals surface area contributed by atoms with Gasteiger partial charge in [0.05, 0.1) is 35.3 Å². The zero-order chi connectivity index (χ0) is 34.1. The van der Waals surface area contributed by atoms with Crippen LogP contribution in [0.15, 0.2) is 71.9 Å². The Bertz CT molecular complexity index is 1610. The Labute approximate surface area is 281 Å². The van der Waals surface area contributed by atoms with E-state index in [-0.39, 0.29) is 53.8 Å². The van der Waals surface area contributed by atoms with Crippen molar-refractivity contribution in [3.05, 3.63) is 83.1 Å². The number of sulfonamides is 1. The quantitative estimate of drug-likeness (QED) is 0.334. The van der Waals surface area contributed by atoms with Crippen LogP contribution in [0.4, 0.5) is 5.69 Å². The highest BCUT2D eigenvalue weighted by Crippen LogP contribution is 2.30. The lowest BCUT2D eigenvalue weighted by Crippen LogP contribution is -2.48. The molecule has 2 aromatic carbocycles. The summed E-state index contributed by atoms with van der Waals surface area (Å²) in [6.45, 7) is 6.23. The number of hydrogen-bond donors (Lipinski definition) is 2. The third-order valence-electron chi connectivity index (χ3n) is 8.16. The van der Waals surface area contributed by atoms with E-state index in [1.165, 1.54) is 30.3 Å². The SMILES string of the molecule is C[C@@H]1CCCCO[C@@H](CN(C)C(=O)c2ccncc2)[C@@H](C)CN([C@H](C)CO)C(=O)c2cc(NS(=O)(=O)c3ccc(Cl)cc3)ccc2O1. The summed E-state index contributed by atoms with van der Waals surface area (Å²) in [5, 5.41) is 10.6. The highest BCUT2D eigenvalue weighted by molar-refractivity contribution is 7.92. The molecule has 4 atom stereocenters. The number of carbonyl (C=O) groups is 2. The third-order valence-corrected chi connectivity index (χ3v) is 9.80. The van der Waals surface area contributed by atoms with Crippen molar-refractivity contribution in [2.24, 2.45) is 5.92 Å².